The number of nitrogens with zero attached hydrogens (tertiary/aromatic N) is 2. The van der Waals surface area contributed by atoms with E-state index in [9.17, 15) is 9.18 Å². The first-order chi connectivity index (χ1) is 14.9. The summed E-state index contributed by atoms with van der Waals surface area (Å²) in [5.74, 6) is 0.430. The van der Waals surface area contributed by atoms with Gasteiger partial charge in [0.25, 0.3) is 0 Å². The number of carbonyl (C=O) groups excluding carboxylic acids is 1. The Hall–Kier alpha value is -2.78. The van der Waals surface area contributed by atoms with Crippen LogP contribution < -0.4 is 10.1 Å². The Morgan fingerprint density at radius 3 is 2.81 bits per heavy atom. The molecule has 1 aliphatic rings. The number of fused-ring (bicyclic) bond motifs is 1. The summed E-state index contributed by atoms with van der Waals surface area (Å²) in [6, 6.07) is 9.30. The van der Waals surface area contributed by atoms with Crippen molar-refractivity contribution in [2.75, 3.05) is 13.7 Å². The van der Waals surface area contributed by atoms with Crippen molar-refractivity contribution in [1.82, 2.24) is 10.3 Å². The molecule has 4 rings (SSSR count). The second-order valence-electron chi connectivity index (χ2n) is 6.78. The zero-order chi connectivity index (χ0) is 22.1. The van der Waals surface area contributed by atoms with E-state index < -0.39 is 12.0 Å². The number of hydrogen-bond donors (Lipinski definition) is 1. The van der Waals surface area contributed by atoms with Gasteiger partial charge in [-0.1, -0.05) is 22.0 Å². The lowest BCUT2D eigenvalue weighted by Crippen LogP contribution is -2.32. The molecule has 3 aromatic rings. The number of benzene rings is 2. The molecule has 0 radical (unpaired) electrons. The average molecular weight is 504 g/mol. The van der Waals surface area contributed by atoms with Gasteiger partial charge in [-0.2, -0.15) is 0 Å². The lowest BCUT2D eigenvalue weighted by molar-refractivity contribution is -0.138. The fraction of sp³-hybridized carbons (Fsp3) is 0.227. The van der Waals surface area contributed by atoms with Gasteiger partial charge in [-0.3, -0.25) is 4.99 Å². The van der Waals surface area contributed by atoms with Crippen LogP contribution in [0.2, 0.25) is 0 Å². The van der Waals surface area contributed by atoms with Crippen molar-refractivity contribution < 1.29 is 18.7 Å². The third-order valence-electron chi connectivity index (χ3n) is 4.79. The van der Waals surface area contributed by atoms with Gasteiger partial charge in [0.2, 0.25) is 0 Å². The summed E-state index contributed by atoms with van der Waals surface area (Å²) in [6.07, 6.45) is 0. The average Bonchev–Trinajstić information content (AvgIpc) is 3.16. The Balaban J connectivity index is 1.82. The second kappa shape index (κ2) is 8.76. The highest BCUT2D eigenvalue weighted by atomic mass is 79.9. The number of ether oxygens (including phenoxy) is 2. The van der Waals surface area contributed by atoms with Gasteiger partial charge in [0.05, 0.1) is 29.5 Å². The number of halogens is 2. The van der Waals surface area contributed by atoms with Crippen molar-refractivity contribution in [3.8, 4) is 5.75 Å². The zero-order valence-electron chi connectivity index (χ0n) is 17.0. The fourth-order valence-corrected chi connectivity index (χ4v) is 4.85. The Labute approximate surface area is 190 Å². The molecule has 0 fully saturated rings. The van der Waals surface area contributed by atoms with Crippen LogP contribution in [-0.2, 0) is 9.53 Å². The summed E-state index contributed by atoms with van der Waals surface area (Å²) >= 11 is 4.87. The van der Waals surface area contributed by atoms with Crippen LogP contribution in [0.1, 0.15) is 30.5 Å². The quantitative estimate of drug-likeness (QED) is 0.488. The number of esters is 1. The first kappa shape index (κ1) is 21.5. The number of aliphatic imine (C=N–C) groups is 1. The Kier molecular flexibility index (Phi) is 6.06. The lowest BCUT2D eigenvalue weighted by atomic mass is 9.96. The van der Waals surface area contributed by atoms with E-state index in [1.807, 2.05) is 18.2 Å². The number of amidine groups is 1. The van der Waals surface area contributed by atoms with Crippen LogP contribution in [-0.4, -0.2) is 30.5 Å². The zero-order valence-corrected chi connectivity index (χ0v) is 19.4. The molecule has 2 aromatic carbocycles. The van der Waals surface area contributed by atoms with Crippen LogP contribution in [0.25, 0.3) is 10.2 Å². The molecule has 1 aliphatic heterocycles. The SMILES string of the molecule is CCOC(=O)C1=C(C)NC(c2nc3ccc(OC)cc3s2)=N[C@@H]1c1ccc(F)cc1Br. The number of allylic oxidation sites excluding steroid dienone is 1. The molecule has 31 heavy (non-hydrogen) atoms. The molecule has 9 heteroatoms. The van der Waals surface area contributed by atoms with E-state index in [1.165, 1.54) is 23.5 Å². The molecule has 0 unspecified atom stereocenters. The standard InChI is InChI=1S/C22H19BrFN3O3S/c1-4-30-22(28)18-11(2)25-20(27-19(18)14-7-5-12(24)9-15(14)23)21-26-16-8-6-13(29-3)10-17(16)31-21/h5-10,19H,4H2,1-3H3,(H,25,27)/t19-/m1/s1. The summed E-state index contributed by atoms with van der Waals surface area (Å²) in [7, 11) is 1.62. The molecule has 1 atom stereocenters. The third-order valence-corrected chi connectivity index (χ3v) is 6.50. The maximum atomic E-state index is 13.7. The van der Waals surface area contributed by atoms with Crippen molar-refractivity contribution in [2.24, 2.45) is 4.99 Å². The minimum atomic E-state index is -0.674. The number of aromatic nitrogens is 1. The van der Waals surface area contributed by atoms with E-state index in [0.717, 1.165) is 16.0 Å². The Morgan fingerprint density at radius 2 is 2.10 bits per heavy atom. The number of nitrogens with one attached hydrogen (secondary N) is 1. The van der Waals surface area contributed by atoms with Gasteiger partial charge in [0.1, 0.15) is 17.6 Å². The van der Waals surface area contributed by atoms with Crippen molar-refractivity contribution in [3.63, 3.8) is 0 Å². The number of hydrogen-bond acceptors (Lipinski definition) is 7. The molecule has 2 heterocycles. The van der Waals surface area contributed by atoms with E-state index in [1.54, 1.807) is 27.0 Å². The topological polar surface area (TPSA) is 72.8 Å². The monoisotopic (exact) mass is 503 g/mol. The Morgan fingerprint density at radius 1 is 1.29 bits per heavy atom. The van der Waals surface area contributed by atoms with Crippen LogP contribution in [0.4, 0.5) is 4.39 Å². The molecule has 1 aromatic heterocycles. The summed E-state index contributed by atoms with van der Waals surface area (Å²) < 4.78 is 25.7. The van der Waals surface area contributed by atoms with Gasteiger partial charge >= 0.3 is 5.97 Å². The second-order valence-corrected chi connectivity index (χ2v) is 8.67. The highest BCUT2D eigenvalue weighted by molar-refractivity contribution is 9.10. The van der Waals surface area contributed by atoms with Crippen LogP contribution in [0, 0.1) is 5.82 Å². The van der Waals surface area contributed by atoms with Gasteiger partial charge in [0, 0.05) is 10.2 Å². The minimum Gasteiger partial charge on any atom is -0.497 e. The van der Waals surface area contributed by atoms with Crippen LogP contribution in [0.5, 0.6) is 5.75 Å². The molecule has 0 aliphatic carbocycles. The summed E-state index contributed by atoms with van der Waals surface area (Å²) in [6.45, 7) is 3.78. The van der Waals surface area contributed by atoms with E-state index >= 15 is 0 Å². The molecule has 6 nitrogen and oxygen atoms in total. The molecule has 0 spiro atoms. The number of methoxy groups -OCH3 is 1. The molecule has 0 saturated carbocycles. The highest BCUT2D eigenvalue weighted by Gasteiger charge is 2.32. The van der Waals surface area contributed by atoms with Crippen molar-refractivity contribution in [2.45, 2.75) is 19.9 Å². The predicted molar refractivity (Wildman–Crippen MR) is 122 cm³/mol. The van der Waals surface area contributed by atoms with Gasteiger partial charge in [-0.25, -0.2) is 14.2 Å². The summed E-state index contributed by atoms with van der Waals surface area (Å²) in [4.78, 5) is 22.2. The minimum absolute atomic E-state index is 0.239. The first-order valence-electron chi connectivity index (χ1n) is 9.54. The molecular weight excluding hydrogens is 485 g/mol. The van der Waals surface area contributed by atoms with E-state index in [2.05, 4.69) is 26.2 Å². The smallest absolute Gasteiger partial charge is 0.338 e. The van der Waals surface area contributed by atoms with E-state index in [-0.39, 0.29) is 12.4 Å². The van der Waals surface area contributed by atoms with Crippen molar-refractivity contribution >= 4 is 49.3 Å². The lowest BCUT2D eigenvalue weighted by Gasteiger charge is -2.26. The maximum absolute atomic E-state index is 13.7. The van der Waals surface area contributed by atoms with Crippen LogP contribution in [0.15, 0.2) is 57.1 Å². The number of thiazole rings is 1. The third kappa shape index (κ3) is 4.20. The fourth-order valence-electron chi connectivity index (χ4n) is 3.34. The molecule has 0 saturated heterocycles. The van der Waals surface area contributed by atoms with Gasteiger partial charge in [-0.15, -0.1) is 11.3 Å². The highest BCUT2D eigenvalue weighted by Crippen LogP contribution is 2.37. The number of carbonyl (C=O) groups is 1. The molecule has 0 bridgehead atoms. The normalized spacial score (nSPS) is 16.2. The van der Waals surface area contributed by atoms with Gasteiger partial charge < -0.3 is 14.8 Å². The van der Waals surface area contributed by atoms with Crippen LogP contribution >= 0.6 is 27.3 Å². The first-order valence-corrected chi connectivity index (χ1v) is 11.1. The molecular formula is C22H19BrFN3O3S. The maximum Gasteiger partial charge on any atom is 0.338 e. The van der Waals surface area contributed by atoms with Gasteiger partial charge in [0.15, 0.2) is 10.8 Å². The largest absolute Gasteiger partial charge is 0.497 e. The summed E-state index contributed by atoms with van der Waals surface area (Å²) in [5, 5.41) is 3.87. The molecule has 1 N–H and O–H groups in total. The molecule has 160 valence electrons. The number of rotatable bonds is 5. The van der Waals surface area contributed by atoms with Gasteiger partial charge in [-0.05, 0) is 49.7 Å². The van der Waals surface area contributed by atoms with Crippen molar-refractivity contribution in [1.29, 1.82) is 0 Å². The van der Waals surface area contributed by atoms with E-state index in [4.69, 9.17) is 14.5 Å². The summed E-state index contributed by atoms with van der Waals surface area (Å²) in [5.41, 5.74) is 2.47. The predicted octanol–water partition coefficient (Wildman–Crippen LogP) is 5.13. The van der Waals surface area contributed by atoms with Crippen LogP contribution in [0.3, 0.4) is 0 Å². The van der Waals surface area contributed by atoms with Crippen molar-refractivity contribution in [3.05, 3.63) is 68.5 Å². The Bertz CT molecular complexity index is 1240. The molecule has 0 amide bonds. The van der Waals surface area contributed by atoms with E-state index in [0.29, 0.717) is 32.1 Å².